The maximum Gasteiger partial charge on any atom is 0.231 e. The third kappa shape index (κ3) is 3.61. The lowest BCUT2D eigenvalue weighted by molar-refractivity contribution is 0.474. The maximum atomic E-state index is 10.3. The van der Waals surface area contributed by atoms with Crippen LogP contribution >= 0.6 is 23.2 Å². The van der Waals surface area contributed by atoms with Gasteiger partial charge in [-0.15, -0.1) is 0 Å². The monoisotopic (exact) mass is 410 g/mol. The van der Waals surface area contributed by atoms with Gasteiger partial charge in [0.05, 0.1) is 21.3 Å². The van der Waals surface area contributed by atoms with E-state index in [4.69, 9.17) is 27.6 Å². The number of aryl methyl sites for hydroxylation is 1. The molecule has 0 saturated carbocycles. The zero-order valence-electron chi connectivity index (χ0n) is 15.0. The molecule has 4 rings (SSSR count). The Labute approximate surface area is 172 Å². The van der Waals surface area contributed by atoms with Crippen LogP contribution in [-0.4, -0.2) is 16.3 Å². The number of benzene rings is 3. The minimum absolute atomic E-state index is 0.0713. The number of rotatable bonds is 4. The van der Waals surface area contributed by atoms with Crippen LogP contribution in [0.25, 0.3) is 22.6 Å². The minimum atomic E-state index is 0.0713. The van der Waals surface area contributed by atoms with Crippen LogP contribution in [0.15, 0.2) is 64.0 Å². The molecule has 0 spiro atoms. The fourth-order valence-corrected chi connectivity index (χ4v) is 3.20. The van der Waals surface area contributed by atoms with Crippen molar-refractivity contribution in [2.24, 2.45) is 4.99 Å². The van der Waals surface area contributed by atoms with Gasteiger partial charge in [-0.05, 0) is 48.4 Å². The van der Waals surface area contributed by atoms with E-state index >= 15 is 0 Å². The topological polar surface area (TPSA) is 58.6 Å². The van der Waals surface area contributed by atoms with Crippen molar-refractivity contribution in [2.45, 2.75) is 13.3 Å². The lowest BCUT2D eigenvalue weighted by Gasteiger charge is -2.03. The van der Waals surface area contributed by atoms with Crippen LogP contribution in [0.1, 0.15) is 18.1 Å². The summed E-state index contributed by atoms with van der Waals surface area (Å²) in [7, 11) is 0. The van der Waals surface area contributed by atoms with Gasteiger partial charge >= 0.3 is 0 Å². The maximum absolute atomic E-state index is 10.3. The quantitative estimate of drug-likeness (QED) is 0.375. The van der Waals surface area contributed by atoms with E-state index in [0.717, 1.165) is 11.9 Å². The largest absolute Gasteiger partial charge is 0.507 e. The van der Waals surface area contributed by atoms with Gasteiger partial charge in [0.1, 0.15) is 11.3 Å². The van der Waals surface area contributed by atoms with Crippen molar-refractivity contribution >= 4 is 46.2 Å². The smallest absolute Gasteiger partial charge is 0.231 e. The van der Waals surface area contributed by atoms with E-state index in [1.807, 2.05) is 24.3 Å². The van der Waals surface area contributed by atoms with Crippen molar-refractivity contribution in [3.8, 4) is 17.2 Å². The lowest BCUT2D eigenvalue weighted by Crippen LogP contribution is -1.84. The van der Waals surface area contributed by atoms with E-state index in [0.29, 0.717) is 38.3 Å². The molecule has 0 unspecified atom stereocenters. The molecule has 0 bridgehead atoms. The van der Waals surface area contributed by atoms with Gasteiger partial charge in [0.2, 0.25) is 5.89 Å². The van der Waals surface area contributed by atoms with Gasteiger partial charge in [0, 0.05) is 11.8 Å². The standard InChI is InChI=1S/C22H16Cl2N2O2/c1-2-13-6-9-20-18(10-13)26-22(28-20)16-11-15(7-8-19(16)27)25-12-14-4-3-5-17(23)21(14)24/h3-12,27H,2H2,1H3. The molecular formula is C22H16Cl2N2O2. The van der Waals surface area contributed by atoms with E-state index in [1.54, 1.807) is 36.5 Å². The first-order valence-electron chi connectivity index (χ1n) is 8.76. The number of phenols is 1. The molecular weight excluding hydrogens is 395 g/mol. The fraction of sp³-hybridized carbons (Fsp3) is 0.0909. The van der Waals surface area contributed by atoms with Crippen molar-refractivity contribution in [1.29, 1.82) is 0 Å². The Morgan fingerprint density at radius 1 is 1.11 bits per heavy atom. The normalized spacial score (nSPS) is 11.5. The van der Waals surface area contributed by atoms with Crippen LogP contribution in [0.3, 0.4) is 0 Å². The summed E-state index contributed by atoms with van der Waals surface area (Å²) in [6.45, 7) is 2.08. The fourth-order valence-electron chi connectivity index (χ4n) is 2.85. The number of fused-ring (bicyclic) bond motifs is 1. The van der Waals surface area contributed by atoms with Crippen molar-refractivity contribution in [1.82, 2.24) is 4.98 Å². The number of phenolic OH excluding ortho intramolecular Hbond substituents is 1. The number of oxazole rings is 1. The van der Waals surface area contributed by atoms with Gasteiger partial charge in [0.25, 0.3) is 0 Å². The van der Waals surface area contributed by atoms with Crippen LogP contribution < -0.4 is 0 Å². The van der Waals surface area contributed by atoms with Gasteiger partial charge in [-0.3, -0.25) is 4.99 Å². The highest BCUT2D eigenvalue weighted by Gasteiger charge is 2.13. The van der Waals surface area contributed by atoms with E-state index in [1.165, 1.54) is 5.56 Å². The molecule has 0 atom stereocenters. The van der Waals surface area contributed by atoms with E-state index in [2.05, 4.69) is 16.9 Å². The van der Waals surface area contributed by atoms with Gasteiger partial charge < -0.3 is 9.52 Å². The Balaban J connectivity index is 1.71. The van der Waals surface area contributed by atoms with Crippen LogP contribution in [0.4, 0.5) is 5.69 Å². The minimum Gasteiger partial charge on any atom is -0.507 e. The zero-order valence-corrected chi connectivity index (χ0v) is 16.5. The Hall–Kier alpha value is -2.82. The average molecular weight is 411 g/mol. The highest BCUT2D eigenvalue weighted by atomic mass is 35.5. The summed E-state index contributed by atoms with van der Waals surface area (Å²) in [6.07, 6.45) is 2.55. The molecule has 0 aliphatic carbocycles. The van der Waals surface area contributed by atoms with E-state index < -0.39 is 0 Å². The zero-order chi connectivity index (χ0) is 19.7. The Kier molecular flexibility index (Phi) is 5.07. The molecule has 0 saturated heterocycles. The second-order valence-electron chi connectivity index (χ2n) is 6.28. The van der Waals surface area contributed by atoms with E-state index in [-0.39, 0.29) is 5.75 Å². The number of aliphatic imine (C=N–C) groups is 1. The predicted molar refractivity (Wildman–Crippen MR) is 114 cm³/mol. The summed E-state index contributed by atoms with van der Waals surface area (Å²) in [5, 5.41) is 11.2. The molecule has 4 aromatic rings. The first kappa shape index (κ1) is 18.5. The number of aromatic nitrogens is 1. The van der Waals surface area contributed by atoms with E-state index in [9.17, 15) is 5.11 Å². The summed E-state index contributed by atoms with van der Waals surface area (Å²) in [4.78, 5) is 8.96. The highest BCUT2D eigenvalue weighted by molar-refractivity contribution is 6.43. The van der Waals surface area contributed by atoms with Crippen molar-refractivity contribution in [3.63, 3.8) is 0 Å². The predicted octanol–water partition coefficient (Wildman–Crippen LogP) is 6.82. The number of aromatic hydroxyl groups is 1. The molecule has 3 aromatic carbocycles. The molecule has 0 fully saturated rings. The van der Waals surface area contributed by atoms with Crippen molar-refractivity contribution < 1.29 is 9.52 Å². The molecule has 28 heavy (non-hydrogen) atoms. The summed E-state index contributed by atoms with van der Waals surface area (Å²) >= 11 is 12.2. The average Bonchev–Trinajstić information content (AvgIpc) is 3.13. The lowest BCUT2D eigenvalue weighted by atomic mass is 10.1. The Morgan fingerprint density at radius 2 is 1.96 bits per heavy atom. The molecule has 1 heterocycles. The highest BCUT2D eigenvalue weighted by Crippen LogP contribution is 2.34. The molecule has 0 amide bonds. The third-order valence-electron chi connectivity index (χ3n) is 4.40. The summed E-state index contributed by atoms with van der Waals surface area (Å²) in [6, 6.07) is 16.2. The number of hydrogen-bond acceptors (Lipinski definition) is 4. The summed E-state index contributed by atoms with van der Waals surface area (Å²) in [5.74, 6) is 0.417. The third-order valence-corrected chi connectivity index (χ3v) is 5.24. The summed E-state index contributed by atoms with van der Waals surface area (Å²) in [5.41, 5.74) is 4.41. The van der Waals surface area contributed by atoms with Crippen LogP contribution in [0.5, 0.6) is 5.75 Å². The Bertz CT molecular complexity index is 1200. The molecule has 6 heteroatoms. The van der Waals surface area contributed by atoms with Crippen LogP contribution in [-0.2, 0) is 6.42 Å². The first-order valence-corrected chi connectivity index (χ1v) is 9.51. The number of halogens is 2. The van der Waals surface area contributed by atoms with Gasteiger partial charge in [-0.25, -0.2) is 4.98 Å². The molecule has 0 aliphatic heterocycles. The second-order valence-corrected chi connectivity index (χ2v) is 7.06. The van der Waals surface area contributed by atoms with Crippen LogP contribution in [0, 0.1) is 0 Å². The molecule has 1 N–H and O–H groups in total. The first-order chi connectivity index (χ1) is 13.5. The molecule has 0 radical (unpaired) electrons. The number of nitrogens with zero attached hydrogens (tertiary/aromatic N) is 2. The number of hydrogen-bond donors (Lipinski definition) is 1. The van der Waals surface area contributed by atoms with Gasteiger partial charge in [0.15, 0.2) is 5.58 Å². The van der Waals surface area contributed by atoms with Gasteiger partial charge in [-0.1, -0.05) is 48.3 Å². The molecule has 1 aromatic heterocycles. The molecule has 140 valence electrons. The second kappa shape index (κ2) is 7.66. The Morgan fingerprint density at radius 3 is 2.79 bits per heavy atom. The molecule has 0 aliphatic rings. The van der Waals surface area contributed by atoms with Crippen LogP contribution in [0.2, 0.25) is 10.0 Å². The van der Waals surface area contributed by atoms with Crippen molar-refractivity contribution in [3.05, 3.63) is 75.8 Å². The van der Waals surface area contributed by atoms with Gasteiger partial charge in [-0.2, -0.15) is 0 Å². The molecule has 4 nitrogen and oxygen atoms in total. The van der Waals surface area contributed by atoms with Crippen molar-refractivity contribution in [2.75, 3.05) is 0 Å². The summed E-state index contributed by atoms with van der Waals surface area (Å²) < 4.78 is 5.83. The SMILES string of the molecule is CCc1ccc2oc(-c3cc(N=Cc4cccc(Cl)c4Cl)ccc3O)nc2c1.